The zero-order chi connectivity index (χ0) is 10.8. The number of ketones is 1. The zero-order valence-electron chi connectivity index (χ0n) is 8.16. The van der Waals surface area contributed by atoms with Crippen molar-refractivity contribution < 1.29 is 9.18 Å². The third-order valence-corrected chi connectivity index (χ3v) is 2.89. The van der Waals surface area contributed by atoms with Crippen molar-refractivity contribution in [1.82, 2.24) is 0 Å². The minimum atomic E-state index is -0.293. The molecule has 0 amide bonds. The monoisotopic (exact) mass is 220 g/mol. The summed E-state index contributed by atoms with van der Waals surface area (Å²) < 4.78 is 13.5. The van der Waals surface area contributed by atoms with Crippen LogP contribution >= 0.6 is 11.3 Å². The molecular weight excluding hydrogens is 211 g/mol. The van der Waals surface area contributed by atoms with Crippen molar-refractivity contribution in [3.63, 3.8) is 0 Å². The molecule has 1 aromatic carbocycles. The van der Waals surface area contributed by atoms with Crippen molar-refractivity contribution in [2.75, 3.05) is 0 Å². The minimum Gasteiger partial charge on any atom is -0.295 e. The van der Waals surface area contributed by atoms with Crippen molar-refractivity contribution in [3.8, 4) is 11.1 Å². The Hall–Kier alpha value is -1.48. The quantitative estimate of drug-likeness (QED) is 0.704. The fourth-order valence-electron chi connectivity index (χ4n) is 1.38. The van der Waals surface area contributed by atoms with Crippen LogP contribution in [0, 0.1) is 5.82 Å². The first-order valence-corrected chi connectivity index (χ1v) is 5.46. The molecule has 0 saturated carbocycles. The average molecular weight is 220 g/mol. The van der Waals surface area contributed by atoms with E-state index in [0.717, 1.165) is 5.56 Å². The largest absolute Gasteiger partial charge is 0.295 e. The molecule has 76 valence electrons. The van der Waals surface area contributed by atoms with Crippen LogP contribution in [0.3, 0.4) is 0 Å². The Morgan fingerprint density at radius 3 is 2.73 bits per heavy atom. The Morgan fingerprint density at radius 1 is 1.33 bits per heavy atom. The van der Waals surface area contributed by atoms with Crippen molar-refractivity contribution >= 4 is 17.1 Å². The number of rotatable bonds is 2. The van der Waals surface area contributed by atoms with Crippen LogP contribution in [0.25, 0.3) is 11.1 Å². The van der Waals surface area contributed by atoms with Crippen molar-refractivity contribution in [2.24, 2.45) is 0 Å². The summed E-state index contributed by atoms with van der Waals surface area (Å²) in [6, 6.07) is 6.28. The number of benzene rings is 1. The lowest BCUT2D eigenvalue weighted by Crippen LogP contribution is -1.93. The summed E-state index contributed by atoms with van der Waals surface area (Å²) in [5.74, 6) is -0.343. The number of halogens is 1. The van der Waals surface area contributed by atoms with Gasteiger partial charge in [0.25, 0.3) is 0 Å². The molecule has 0 aliphatic carbocycles. The van der Waals surface area contributed by atoms with Gasteiger partial charge in [0, 0.05) is 11.1 Å². The van der Waals surface area contributed by atoms with Crippen LogP contribution in [0.4, 0.5) is 4.39 Å². The number of thiophene rings is 1. The van der Waals surface area contributed by atoms with Crippen LogP contribution in [-0.2, 0) is 0 Å². The summed E-state index contributed by atoms with van der Waals surface area (Å²) in [4.78, 5) is 11.2. The molecule has 1 aromatic heterocycles. The van der Waals surface area contributed by atoms with Crippen LogP contribution in [0.15, 0.2) is 35.0 Å². The van der Waals surface area contributed by atoms with Gasteiger partial charge in [-0.05, 0) is 47.5 Å². The van der Waals surface area contributed by atoms with Gasteiger partial charge in [-0.3, -0.25) is 4.79 Å². The van der Waals surface area contributed by atoms with Crippen LogP contribution in [0.2, 0.25) is 0 Å². The molecule has 0 atom stereocenters. The van der Waals surface area contributed by atoms with Crippen molar-refractivity contribution in [2.45, 2.75) is 6.92 Å². The fraction of sp³-hybridized carbons (Fsp3) is 0.0833. The van der Waals surface area contributed by atoms with Gasteiger partial charge in [-0.25, -0.2) is 4.39 Å². The molecule has 0 bridgehead atoms. The maximum atomic E-state index is 13.5. The highest BCUT2D eigenvalue weighted by molar-refractivity contribution is 7.08. The van der Waals surface area contributed by atoms with E-state index in [1.54, 1.807) is 6.07 Å². The third-order valence-electron chi connectivity index (χ3n) is 2.21. The van der Waals surface area contributed by atoms with E-state index in [9.17, 15) is 9.18 Å². The molecular formula is C12H9FOS. The lowest BCUT2D eigenvalue weighted by atomic mass is 10.0. The van der Waals surface area contributed by atoms with E-state index in [-0.39, 0.29) is 11.6 Å². The smallest absolute Gasteiger partial charge is 0.159 e. The minimum absolute atomic E-state index is 0.0496. The van der Waals surface area contributed by atoms with Gasteiger partial charge in [-0.15, -0.1) is 0 Å². The van der Waals surface area contributed by atoms with Gasteiger partial charge in [0.1, 0.15) is 5.82 Å². The van der Waals surface area contributed by atoms with Crippen molar-refractivity contribution in [1.29, 1.82) is 0 Å². The highest BCUT2D eigenvalue weighted by atomic mass is 32.1. The molecule has 2 aromatic rings. The normalized spacial score (nSPS) is 10.3. The number of Topliss-reactive ketones (excluding diaryl/α,β-unsaturated/α-hetero) is 1. The first-order chi connectivity index (χ1) is 7.18. The molecule has 3 heteroatoms. The Bertz CT molecular complexity index is 488. The molecule has 0 aliphatic heterocycles. The maximum Gasteiger partial charge on any atom is 0.159 e. The lowest BCUT2D eigenvalue weighted by molar-refractivity contribution is 0.101. The second-order valence-electron chi connectivity index (χ2n) is 3.26. The fourth-order valence-corrected chi connectivity index (χ4v) is 2.04. The van der Waals surface area contributed by atoms with Crippen molar-refractivity contribution in [3.05, 3.63) is 46.4 Å². The molecule has 0 fully saturated rings. The highest BCUT2D eigenvalue weighted by Crippen LogP contribution is 2.26. The molecule has 15 heavy (non-hydrogen) atoms. The molecule has 1 nitrogen and oxygen atoms in total. The Labute approximate surface area is 91.2 Å². The lowest BCUT2D eigenvalue weighted by Gasteiger charge is -2.02. The Kier molecular flexibility index (Phi) is 2.64. The van der Waals surface area contributed by atoms with Gasteiger partial charge in [0.2, 0.25) is 0 Å². The van der Waals surface area contributed by atoms with E-state index in [1.807, 2.05) is 16.8 Å². The van der Waals surface area contributed by atoms with Crippen LogP contribution in [0.1, 0.15) is 17.3 Å². The average Bonchev–Trinajstić information content (AvgIpc) is 2.71. The van der Waals surface area contributed by atoms with Gasteiger partial charge in [0.05, 0.1) is 0 Å². The van der Waals surface area contributed by atoms with Crippen LogP contribution in [0.5, 0.6) is 0 Å². The molecule has 0 aliphatic rings. The SMILES string of the molecule is CC(=O)c1ccc(F)c(-c2ccsc2)c1. The highest BCUT2D eigenvalue weighted by Gasteiger charge is 2.08. The predicted molar refractivity (Wildman–Crippen MR) is 59.7 cm³/mol. The van der Waals surface area contributed by atoms with Gasteiger partial charge >= 0.3 is 0 Å². The Morgan fingerprint density at radius 2 is 2.13 bits per heavy atom. The third kappa shape index (κ3) is 1.97. The summed E-state index contributed by atoms with van der Waals surface area (Å²) >= 11 is 1.51. The maximum absolute atomic E-state index is 13.5. The number of hydrogen-bond acceptors (Lipinski definition) is 2. The summed E-state index contributed by atoms with van der Waals surface area (Å²) in [5.41, 5.74) is 1.85. The van der Waals surface area contributed by atoms with Crippen LogP contribution in [-0.4, -0.2) is 5.78 Å². The zero-order valence-corrected chi connectivity index (χ0v) is 8.98. The first-order valence-electron chi connectivity index (χ1n) is 4.51. The topological polar surface area (TPSA) is 17.1 Å². The molecule has 1 heterocycles. The summed E-state index contributed by atoms with van der Waals surface area (Å²) in [6.07, 6.45) is 0. The van der Waals surface area contributed by atoms with E-state index >= 15 is 0 Å². The van der Waals surface area contributed by atoms with E-state index < -0.39 is 0 Å². The summed E-state index contributed by atoms with van der Waals surface area (Å²) in [5, 5.41) is 3.75. The number of carbonyl (C=O) groups excluding carboxylic acids is 1. The second kappa shape index (κ2) is 3.95. The van der Waals surface area contributed by atoms with E-state index in [2.05, 4.69) is 0 Å². The first kappa shape index (κ1) is 10.1. The molecule has 0 unspecified atom stereocenters. The molecule has 0 radical (unpaired) electrons. The predicted octanol–water partition coefficient (Wildman–Crippen LogP) is 3.76. The molecule has 0 N–H and O–H groups in total. The van der Waals surface area contributed by atoms with Gasteiger partial charge in [-0.2, -0.15) is 11.3 Å². The summed E-state index contributed by atoms with van der Waals surface area (Å²) in [7, 11) is 0. The van der Waals surface area contributed by atoms with E-state index in [0.29, 0.717) is 11.1 Å². The number of hydrogen-bond donors (Lipinski definition) is 0. The van der Waals surface area contributed by atoms with E-state index in [4.69, 9.17) is 0 Å². The van der Waals surface area contributed by atoms with Crippen LogP contribution < -0.4 is 0 Å². The second-order valence-corrected chi connectivity index (χ2v) is 4.04. The standard InChI is InChI=1S/C12H9FOS/c1-8(14)9-2-3-12(13)11(6-9)10-4-5-15-7-10/h2-7H,1H3. The summed E-state index contributed by atoms with van der Waals surface area (Å²) in [6.45, 7) is 1.48. The van der Waals surface area contributed by atoms with Gasteiger partial charge in [-0.1, -0.05) is 0 Å². The molecule has 0 saturated heterocycles. The van der Waals surface area contributed by atoms with E-state index in [1.165, 1.54) is 30.4 Å². The number of carbonyl (C=O) groups is 1. The molecule has 0 spiro atoms. The van der Waals surface area contributed by atoms with Gasteiger partial charge < -0.3 is 0 Å². The Balaban J connectivity index is 2.55. The molecule has 2 rings (SSSR count). The van der Waals surface area contributed by atoms with Gasteiger partial charge in [0.15, 0.2) is 5.78 Å².